The second-order valence-electron chi connectivity index (χ2n) is 4.47. The van der Waals surface area contributed by atoms with Crippen molar-refractivity contribution in [2.24, 2.45) is 5.73 Å². The Hall–Kier alpha value is -1.62. The molecule has 0 heterocycles. The molecule has 3 N–H and O–H groups in total. The zero-order chi connectivity index (χ0) is 14.3. The van der Waals surface area contributed by atoms with E-state index in [0.717, 1.165) is 12.8 Å². The molecule has 19 heavy (non-hydrogen) atoms. The van der Waals surface area contributed by atoms with Crippen LogP contribution in [0.1, 0.15) is 32.3 Å². The average Bonchev–Trinajstić information content (AvgIpc) is 2.36. The Balaban J connectivity index is 2.53. The lowest BCUT2D eigenvalue weighted by molar-refractivity contribution is -0.123. The maximum Gasteiger partial charge on any atom is 0.258 e. The molecule has 1 aromatic rings. The van der Waals surface area contributed by atoms with Gasteiger partial charge in [0.25, 0.3) is 5.91 Å². The van der Waals surface area contributed by atoms with Gasteiger partial charge in [0.05, 0.1) is 0 Å². The van der Waals surface area contributed by atoms with E-state index < -0.39 is 5.82 Å². The Morgan fingerprint density at radius 1 is 1.53 bits per heavy atom. The third-order valence-electron chi connectivity index (χ3n) is 2.77. The lowest BCUT2D eigenvalue weighted by atomic mass is 10.2. The van der Waals surface area contributed by atoms with E-state index in [2.05, 4.69) is 12.2 Å². The summed E-state index contributed by atoms with van der Waals surface area (Å²) < 4.78 is 18.7. The van der Waals surface area contributed by atoms with Crippen molar-refractivity contribution in [2.75, 3.05) is 6.61 Å². The first-order chi connectivity index (χ1) is 9.08. The summed E-state index contributed by atoms with van der Waals surface area (Å²) >= 11 is 0. The van der Waals surface area contributed by atoms with Crippen LogP contribution >= 0.6 is 0 Å². The van der Waals surface area contributed by atoms with Gasteiger partial charge in [-0.15, -0.1) is 0 Å². The quantitative estimate of drug-likeness (QED) is 0.794. The molecule has 0 bridgehead atoms. The highest BCUT2D eigenvalue weighted by atomic mass is 19.1. The topological polar surface area (TPSA) is 64.3 Å². The molecule has 0 radical (unpaired) electrons. The number of hydrogen-bond acceptors (Lipinski definition) is 3. The zero-order valence-electron chi connectivity index (χ0n) is 11.4. The second kappa shape index (κ2) is 7.74. The Morgan fingerprint density at radius 3 is 2.89 bits per heavy atom. The molecule has 0 aromatic heterocycles. The standard InChI is InChI=1S/C14H21FN2O2/c1-3-5-10(2)17-14(18)9-19-13-7-4-6-12(15)11(13)8-16/h4,6-7,10H,3,5,8-9,16H2,1-2H3,(H,17,18). The second-order valence-corrected chi connectivity index (χ2v) is 4.47. The van der Waals surface area contributed by atoms with Gasteiger partial charge in [0, 0.05) is 18.2 Å². The molecule has 1 unspecified atom stereocenters. The minimum atomic E-state index is -0.417. The van der Waals surface area contributed by atoms with Gasteiger partial charge in [-0.2, -0.15) is 0 Å². The van der Waals surface area contributed by atoms with Crippen molar-refractivity contribution in [1.82, 2.24) is 5.32 Å². The molecule has 0 aliphatic heterocycles. The fourth-order valence-electron chi connectivity index (χ4n) is 1.84. The molecule has 4 nitrogen and oxygen atoms in total. The van der Waals surface area contributed by atoms with Crippen LogP contribution in [0.2, 0.25) is 0 Å². The number of carbonyl (C=O) groups is 1. The average molecular weight is 268 g/mol. The van der Waals surface area contributed by atoms with E-state index in [-0.39, 0.29) is 30.7 Å². The van der Waals surface area contributed by atoms with Crippen molar-refractivity contribution in [1.29, 1.82) is 0 Å². The SMILES string of the molecule is CCCC(C)NC(=O)COc1cccc(F)c1CN. The predicted molar refractivity (Wildman–Crippen MR) is 72.3 cm³/mol. The van der Waals surface area contributed by atoms with Crippen LogP contribution in [0.15, 0.2) is 18.2 Å². The fourth-order valence-corrected chi connectivity index (χ4v) is 1.84. The molecule has 1 amide bonds. The molecule has 0 saturated heterocycles. The van der Waals surface area contributed by atoms with Crippen LogP contribution in [-0.2, 0) is 11.3 Å². The monoisotopic (exact) mass is 268 g/mol. The predicted octanol–water partition coefficient (Wildman–Crippen LogP) is 1.97. The molecule has 0 fully saturated rings. The molecular formula is C14H21FN2O2. The van der Waals surface area contributed by atoms with Gasteiger partial charge in [-0.25, -0.2) is 4.39 Å². The van der Waals surface area contributed by atoms with Crippen LogP contribution < -0.4 is 15.8 Å². The molecule has 106 valence electrons. The number of nitrogens with one attached hydrogen (secondary N) is 1. The normalized spacial score (nSPS) is 12.0. The van der Waals surface area contributed by atoms with E-state index in [1.54, 1.807) is 6.07 Å². The van der Waals surface area contributed by atoms with Gasteiger partial charge in [0.2, 0.25) is 0 Å². The molecule has 1 rings (SSSR count). The van der Waals surface area contributed by atoms with Crippen molar-refractivity contribution in [2.45, 2.75) is 39.3 Å². The van der Waals surface area contributed by atoms with E-state index in [0.29, 0.717) is 5.75 Å². The summed E-state index contributed by atoms with van der Waals surface area (Å²) in [5.41, 5.74) is 5.75. The van der Waals surface area contributed by atoms with Crippen molar-refractivity contribution >= 4 is 5.91 Å². The molecule has 0 aliphatic rings. The van der Waals surface area contributed by atoms with Crippen LogP contribution in [0.3, 0.4) is 0 Å². The van der Waals surface area contributed by atoms with Crippen molar-refractivity contribution in [3.8, 4) is 5.75 Å². The fraction of sp³-hybridized carbons (Fsp3) is 0.500. The van der Waals surface area contributed by atoms with E-state index >= 15 is 0 Å². The maximum atomic E-state index is 13.4. The van der Waals surface area contributed by atoms with E-state index in [4.69, 9.17) is 10.5 Å². The van der Waals surface area contributed by atoms with E-state index in [1.165, 1.54) is 12.1 Å². The summed E-state index contributed by atoms with van der Waals surface area (Å²) in [5.74, 6) is -0.311. The number of nitrogens with two attached hydrogens (primary N) is 1. The number of hydrogen-bond donors (Lipinski definition) is 2. The number of ether oxygens (including phenoxy) is 1. The third kappa shape index (κ3) is 4.87. The van der Waals surface area contributed by atoms with Gasteiger partial charge in [-0.3, -0.25) is 4.79 Å². The summed E-state index contributed by atoms with van der Waals surface area (Å²) in [4.78, 5) is 11.6. The van der Waals surface area contributed by atoms with Crippen LogP contribution in [0.5, 0.6) is 5.75 Å². The number of amides is 1. The van der Waals surface area contributed by atoms with Gasteiger partial charge < -0.3 is 15.8 Å². The molecular weight excluding hydrogens is 247 g/mol. The Morgan fingerprint density at radius 2 is 2.26 bits per heavy atom. The highest BCUT2D eigenvalue weighted by Gasteiger charge is 2.11. The van der Waals surface area contributed by atoms with Gasteiger partial charge in [0.1, 0.15) is 11.6 Å². The van der Waals surface area contributed by atoms with Crippen LogP contribution in [0, 0.1) is 5.82 Å². The van der Waals surface area contributed by atoms with Crippen molar-refractivity contribution in [3.05, 3.63) is 29.6 Å². The molecule has 1 atom stereocenters. The Labute approximate surface area is 113 Å². The number of carbonyl (C=O) groups excluding carboxylic acids is 1. The summed E-state index contributed by atoms with van der Waals surface area (Å²) in [6, 6.07) is 4.57. The summed E-state index contributed by atoms with van der Waals surface area (Å²) in [5, 5.41) is 2.81. The van der Waals surface area contributed by atoms with E-state index in [9.17, 15) is 9.18 Å². The largest absolute Gasteiger partial charge is 0.483 e. The number of rotatable bonds is 7. The van der Waals surface area contributed by atoms with Gasteiger partial charge in [0.15, 0.2) is 6.61 Å². The molecule has 5 heteroatoms. The number of halogens is 1. The summed E-state index contributed by atoms with van der Waals surface area (Å²) in [6.07, 6.45) is 1.92. The smallest absolute Gasteiger partial charge is 0.258 e. The Bertz CT molecular complexity index is 424. The van der Waals surface area contributed by atoms with Gasteiger partial charge >= 0.3 is 0 Å². The molecule has 0 spiro atoms. The van der Waals surface area contributed by atoms with Gasteiger partial charge in [-0.1, -0.05) is 19.4 Å². The molecule has 0 saturated carbocycles. The minimum Gasteiger partial charge on any atom is -0.483 e. The highest BCUT2D eigenvalue weighted by molar-refractivity contribution is 5.77. The lowest BCUT2D eigenvalue weighted by Gasteiger charge is -2.14. The Kier molecular flexibility index (Phi) is 6.29. The minimum absolute atomic E-state index is 0.0376. The van der Waals surface area contributed by atoms with Crippen molar-refractivity contribution in [3.63, 3.8) is 0 Å². The third-order valence-corrected chi connectivity index (χ3v) is 2.77. The summed E-state index contributed by atoms with van der Waals surface area (Å²) in [6.45, 7) is 3.90. The van der Waals surface area contributed by atoms with Crippen molar-refractivity contribution < 1.29 is 13.9 Å². The first-order valence-electron chi connectivity index (χ1n) is 6.48. The molecule has 0 aliphatic carbocycles. The van der Waals surface area contributed by atoms with Crippen LogP contribution in [0.25, 0.3) is 0 Å². The highest BCUT2D eigenvalue weighted by Crippen LogP contribution is 2.20. The lowest BCUT2D eigenvalue weighted by Crippen LogP contribution is -2.36. The van der Waals surface area contributed by atoms with Gasteiger partial charge in [-0.05, 0) is 25.5 Å². The molecule has 1 aromatic carbocycles. The zero-order valence-corrected chi connectivity index (χ0v) is 11.4. The summed E-state index contributed by atoms with van der Waals surface area (Å²) in [7, 11) is 0. The van der Waals surface area contributed by atoms with Crippen LogP contribution in [0.4, 0.5) is 4.39 Å². The van der Waals surface area contributed by atoms with E-state index in [1.807, 2.05) is 6.92 Å². The number of benzene rings is 1. The first kappa shape index (κ1) is 15.4. The maximum absolute atomic E-state index is 13.4. The first-order valence-corrected chi connectivity index (χ1v) is 6.48. The van der Waals surface area contributed by atoms with Crippen LogP contribution in [-0.4, -0.2) is 18.6 Å².